The molecule has 4 amide bonds. The first-order valence-electron chi connectivity index (χ1n) is 27.9. The number of aryl methyl sites for hydroxylation is 2. The van der Waals surface area contributed by atoms with Crippen molar-refractivity contribution in [3.63, 3.8) is 0 Å². The zero-order chi connectivity index (χ0) is 50.3. The Kier molecular flexibility index (Phi) is 33.0. The largest absolute Gasteiger partial charge is 0.464 e. The van der Waals surface area contributed by atoms with Gasteiger partial charge in [0.05, 0.1) is 13.2 Å². The van der Waals surface area contributed by atoms with Crippen LogP contribution in [0.15, 0.2) is 72.8 Å². The molecule has 0 aromatic heterocycles. The highest BCUT2D eigenvalue weighted by molar-refractivity contribution is 5.97. The molecule has 0 bridgehead atoms. The molecule has 10 nitrogen and oxygen atoms in total. The maximum Gasteiger partial charge on any atom is 0.329 e. The van der Waals surface area contributed by atoms with Gasteiger partial charge in [-0.1, -0.05) is 248 Å². The van der Waals surface area contributed by atoms with Gasteiger partial charge in [0, 0.05) is 24.2 Å². The third kappa shape index (κ3) is 28.1. The predicted molar refractivity (Wildman–Crippen MR) is 291 cm³/mol. The van der Waals surface area contributed by atoms with E-state index >= 15 is 0 Å². The van der Waals surface area contributed by atoms with Gasteiger partial charge in [0.2, 0.25) is 0 Å². The minimum absolute atomic E-state index is 0.276. The molecule has 0 saturated heterocycles. The van der Waals surface area contributed by atoms with Crippen molar-refractivity contribution in [2.75, 3.05) is 23.8 Å². The third-order valence-electron chi connectivity index (χ3n) is 13.3. The molecule has 0 unspecified atom stereocenters. The molecular weight excluding hydrogens is 873 g/mol. The Hall–Kier alpha value is -4.86. The van der Waals surface area contributed by atoms with Crippen molar-refractivity contribution in [2.24, 2.45) is 0 Å². The monoisotopic (exact) mass is 967 g/mol. The van der Waals surface area contributed by atoms with Crippen molar-refractivity contribution in [3.05, 3.63) is 95.1 Å². The Morgan fingerprint density at radius 2 is 0.686 bits per heavy atom. The van der Waals surface area contributed by atoms with Crippen LogP contribution in [0.2, 0.25) is 0 Å². The van der Waals surface area contributed by atoms with Crippen LogP contribution >= 0.6 is 0 Å². The van der Waals surface area contributed by atoms with Crippen LogP contribution in [-0.4, -0.2) is 49.3 Å². The van der Waals surface area contributed by atoms with Gasteiger partial charge >= 0.3 is 24.0 Å². The first-order valence-corrected chi connectivity index (χ1v) is 27.9. The molecule has 3 aromatic rings. The lowest BCUT2D eigenvalue weighted by Crippen LogP contribution is -2.45. The van der Waals surface area contributed by atoms with Crippen LogP contribution in [0.5, 0.6) is 0 Å². The lowest BCUT2D eigenvalue weighted by Gasteiger charge is -2.21. The van der Waals surface area contributed by atoms with Crippen LogP contribution < -0.4 is 21.3 Å². The van der Waals surface area contributed by atoms with E-state index in [1.54, 1.807) is 6.07 Å². The number of carbonyl (C=O) groups excluding carboxylic acids is 4. The summed E-state index contributed by atoms with van der Waals surface area (Å²) in [6.45, 7) is 8.87. The van der Waals surface area contributed by atoms with Gasteiger partial charge in [0.25, 0.3) is 0 Å². The van der Waals surface area contributed by atoms with E-state index in [4.69, 9.17) is 9.47 Å². The predicted octanol–water partition coefficient (Wildman–Crippen LogP) is 15.8. The summed E-state index contributed by atoms with van der Waals surface area (Å²) >= 11 is 0. The van der Waals surface area contributed by atoms with Gasteiger partial charge in [-0.3, -0.25) is 0 Å². The van der Waals surface area contributed by atoms with Gasteiger partial charge in [-0.25, -0.2) is 19.2 Å². The minimum atomic E-state index is -0.904. The Balaban J connectivity index is 1.46. The lowest BCUT2D eigenvalue weighted by molar-refractivity contribution is -0.146. The number of benzene rings is 3. The summed E-state index contributed by atoms with van der Waals surface area (Å²) in [5.74, 6) is -0.951. The highest BCUT2D eigenvalue weighted by atomic mass is 16.5. The third-order valence-corrected chi connectivity index (χ3v) is 13.3. The van der Waals surface area contributed by atoms with Crippen LogP contribution in [0.25, 0.3) is 0 Å². The number of hydrogen-bond donors (Lipinski definition) is 4. The number of ether oxygens (including phenoxy) is 2. The van der Waals surface area contributed by atoms with E-state index in [2.05, 4.69) is 35.1 Å². The molecule has 390 valence electrons. The first kappa shape index (κ1) is 59.4. The number of anilines is 2. The van der Waals surface area contributed by atoms with Crippen molar-refractivity contribution in [2.45, 2.75) is 232 Å². The molecule has 0 aliphatic rings. The van der Waals surface area contributed by atoms with Gasteiger partial charge in [0.1, 0.15) is 12.1 Å². The van der Waals surface area contributed by atoms with E-state index in [-0.39, 0.29) is 12.8 Å². The number of unbranched alkanes of at least 4 members (excludes halogenated alkanes) is 26. The SMILES string of the molecule is CCCCCCCCCCCCCCCCOC(=O)[C@H](Cc1ccccc1)NC(=O)Nc1cc(NC(=O)N[C@@H](Cc2ccccc2)C(=O)OCCCCCCCCCCCCCCCC)c(C)cc1C. The Morgan fingerprint density at radius 1 is 0.400 bits per heavy atom. The normalized spacial score (nSPS) is 11.9. The molecule has 3 rings (SSSR count). The topological polar surface area (TPSA) is 135 Å². The molecule has 0 spiro atoms. The summed E-state index contributed by atoms with van der Waals surface area (Å²) in [4.78, 5) is 54.0. The van der Waals surface area contributed by atoms with Crippen molar-refractivity contribution < 1.29 is 28.7 Å². The second kappa shape index (κ2) is 38.8. The molecule has 3 aromatic carbocycles. The van der Waals surface area contributed by atoms with E-state index in [1.165, 1.54) is 141 Å². The molecule has 0 fully saturated rings. The fourth-order valence-electron chi connectivity index (χ4n) is 8.98. The van der Waals surface area contributed by atoms with Crippen LogP contribution in [0.4, 0.5) is 21.0 Å². The number of carbonyl (C=O) groups is 4. The fraction of sp³-hybridized carbons (Fsp3) is 0.633. The molecular formula is C60H94N4O6. The smallest absolute Gasteiger partial charge is 0.329 e. The highest BCUT2D eigenvalue weighted by Crippen LogP contribution is 2.25. The van der Waals surface area contributed by atoms with E-state index in [0.717, 1.165) is 60.8 Å². The van der Waals surface area contributed by atoms with Crippen molar-refractivity contribution in [1.82, 2.24) is 10.6 Å². The summed E-state index contributed by atoms with van der Waals surface area (Å²) in [6.07, 6.45) is 35.5. The van der Waals surface area contributed by atoms with Crippen LogP contribution in [0, 0.1) is 13.8 Å². The van der Waals surface area contributed by atoms with Gasteiger partial charge in [0.15, 0.2) is 0 Å². The van der Waals surface area contributed by atoms with Gasteiger partial charge in [-0.15, -0.1) is 0 Å². The van der Waals surface area contributed by atoms with E-state index in [0.29, 0.717) is 24.6 Å². The van der Waals surface area contributed by atoms with Gasteiger partial charge in [-0.2, -0.15) is 0 Å². The summed E-state index contributed by atoms with van der Waals surface area (Å²) in [6, 6.07) is 19.7. The summed E-state index contributed by atoms with van der Waals surface area (Å²) in [7, 11) is 0. The average molecular weight is 967 g/mol. The number of nitrogens with one attached hydrogen (secondary N) is 4. The van der Waals surface area contributed by atoms with E-state index in [1.807, 2.05) is 80.6 Å². The second-order valence-corrected chi connectivity index (χ2v) is 19.7. The summed E-state index contributed by atoms with van der Waals surface area (Å²) in [5.41, 5.74) is 4.26. The maximum atomic E-state index is 13.6. The average Bonchev–Trinajstić information content (AvgIpc) is 3.35. The molecule has 0 aliphatic carbocycles. The Labute approximate surface area is 424 Å². The zero-order valence-corrected chi connectivity index (χ0v) is 44.2. The molecule has 10 heteroatoms. The summed E-state index contributed by atoms with van der Waals surface area (Å²) < 4.78 is 11.4. The van der Waals surface area contributed by atoms with Crippen LogP contribution in [0.3, 0.4) is 0 Å². The molecule has 70 heavy (non-hydrogen) atoms. The maximum absolute atomic E-state index is 13.6. The molecule has 0 radical (unpaired) electrons. The molecule has 2 atom stereocenters. The molecule has 0 aliphatic heterocycles. The van der Waals surface area contributed by atoms with Crippen LogP contribution in [-0.2, 0) is 31.9 Å². The quantitative estimate of drug-likeness (QED) is 0.0331. The minimum Gasteiger partial charge on any atom is -0.464 e. The Bertz CT molecular complexity index is 1710. The number of amides is 4. The van der Waals surface area contributed by atoms with E-state index < -0.39 is 36.1 Å². The highest BCUT2D eigenvalue weighted by Gasteiger charge is 2.25. The molecule has 0 heterocycles. The first-order chi connectivity index (χ1) is 34.2. The standard InChI is InChI=1S/C60H94N4O6/c1-5-7-9-11-13-15-17-19-21-23-25-27-29-37-43-69-57(65)55(46-51-39-33-31-34-40-51)63-59(67)61-53-48-54(50(4)45-49(53)3)62-60(68)64-56(47-52-41-35-32-36-42-52)58(66)70-44-38-30-28-26-24-22-20-18-16-14-12-10-8-6-2/h31-36,39-42,45,48,55-56H,5-30,37-38,43-44,46-47H2,1-4H3,(H2,61,63,67)(H2,62,64,68)/t55-,56-/m0/s1. The number of esters is 2. The van der Waals surface area contributed by atoms with Crippen molar-refractivity contribution >= 4 is 35.4 Å². The summed E-state index contributed by atoms with van der Waals surface area (Å²) in [5, 5.41) is 11.5. The molecule has 0 saturated carbocycles. The number of urea groups is 2. The van der Waals surface area contributed by atoms with Crippen molar-refractivity contribution in [1.29, 1.82) is 0 Å². The van der Waals surface area contributed by atoms with Crippen LogP contribution in [0.1, 0.15) is 216 Å². The second-order valence-electron chi connectivity index (χ2n) is 19.7. The lowest BCUT2D eigenvalue weighted by atomic mass is 10.0. The number of rotatable bonds is 40. The Morgan fingerprint density at radius 3 is 0.986 bits per heavy atom. The molecule has 4 N–H and O–H groups in total. The zero-order valence-electron chi connectivity index (χ0n) is 44.2. The van der Waals surface area contributed by atoms with Crippen molar-refractivity contribution in [3.8, 4) is 0 Å². The van der Waals surface area contributed by atoms with Gasteiger partial charge in [-0.05, 0) is 55.0 Å². The van der Waals surface area contributed by atoms with E-state index in [9.17, 15) is 19.2 Å². The van der Waals surface area contributed by atoms with Gasteiger partial charge < -0.3 is 30.7 Å². The number of hydrogen-bond acceptors (Lipinski definition) is 6. The fourth-order valence-corrected chi connectivity index (χ4v) is 8.98.